The van der Waals surface area contributed by atoms with Gasteiger partial charge in [-0.2, -0.15) is 0 Å². The molecule has 0 aliphatic rings. The van der Waals surface area contributed by atoms with Crippen LogP contribution >= 0.6 is 31.9 Å². The van der Waals surface area contributed by atoms with Gasteiger partial charge in [0.1, 0.15) is 5.82 Å². The molecule has 0 aromatic heterocycles. The molecule has 0 amide bonds. The highest BCUT2D eigenvalue weighted by atomic mass is 79.9. The Hall–Kier alpha value is -0.220. The Morgan fingerprint density at radius 1 is 1.50 bits per heavy atom. The predicted molar refractivity (Wildman–Crippen MR) is 52.2 cm³/mol. The Labute approximate surface area is 86.2 Å². The summed E-state index contributed by atoms with van der Waals surface area (Å²) in [7, 11) is 0. The van der Waals surface area contributed by atoms with Crippen molar-refractivity contribution in [1.29, 1.82) is 0 Å². The van der Waals surface area contributed by atoms with Gasteiger partial charge < -0.3 is 0 Å². The summed E-state index contributed by atoms with van der Waals surface area (Å²) in [5.74, 6) is -0.553. The molecule has 12 heavy (non-hydrogen) atoms. The molecule has 0 heterocycles. The largest absolute Gasteiger partial charge is 0.293 e. The molecule has 0 unspecified atom stereocenters. The monoisotopic (exact) mass is 294 g/mol. The van der Waals surface area contributed by atoms with Crippen LogP contribution in [0.25, 0.3) is 0 Å². The van der Waals surface area contributed by atoms with Gasteiger partial charge in [-0.05, 0) is 22.0 Å². The van der Waals surface area contributed by atoms with Crippen LogP contribution in [0.4, 0.5) is 4.39 Å². The molecule has 0 aliphatic heterocycles. The van der Waals surface area contributed by atoms with Crippen molar-refractivity contribution in [3.05, 3.63) is 34.1 Å². The van der Waals surface area contributed by atoms with E-state index in [1.54, 1.807) is 6.07 Å². The maximum atomic E-state index is 12.9. The lowest BCUT2D eigenvalue weighted by Gasteiger charge is -2.00. The third-order valence-electron chi connectivity index (χ3n) is 1.37. The zero-order valence-electron chi connectivity index (χ0n) is 5.98. The predicted octanol–water partition coefficient (Wildman–Crippen LogP) is 3.17. The van der Waals surface area contributed by atoms with Crippen molar-refractivity contribution in [2.75, 3.05) is 5.33 Å². The van der Waals surface area contributed by atoms with Gasteiger partial charge >= 0.3 is 0 Å². The number of ketones is 1. The van der Waals surface area contributed by atoms with Gasteiger partial charge in [-0.15, -0.1) is 0 Å². The topological polar surface area (TPSA) is 17.1 Å². The van der Waals surface area contributed by atoms with Crippen LogP contribution in [0, 0.1) is 5.82 Å². The van der Waals surface area contributed by atoms with Gasteiger partial charge in [0.15, 0.2) is 5.78 Å². The number of hydrogen-bond acceptors (Lipinski definition) is 1. The fraction of sp³-hybridized carbons (Fsp3) is 0.125. The van der Waals surface area contributed by atoms with Crippen LogP contribution in [0.2, 0.25) is 0 Å². The lowest BCUT2D eigenvalue weighted by atomic mass is 10.1. The summed E-state index contributed by atoms with van der Waals surface area (Å²) < 4.78 is 13.1. The van der Waals surface area contributed by atoms with E-state index in [0.29, 0.717) is 5.56 Å². The highest BCUT2D eigenvalue weighted by Gasteiger charge is 2.10. The molecule has 0 aliphatic carbocycles. The number of carbonyl (C=O) groups excluding carboxylic acids is 1. The first-order chi connectivity index (χ1) is 5.66. The molecule has 0 saturated heterocycles. The second kappa shape index (κ2) is 4.14. The molecule has 0 atom stereocenters. The van der Waals surface area contributed by atoms with Crippen LogP contribution < -0.4 is 0 Å². The van der Waals surface area contributed by atoms with E-state index >= 15 is 0 Å². The molecule has 1 nitrogen and oxygen atoms in total. The average molecular weight is 296 g/mol. The number of alkyl halides is 1. The van der Waals surface area contributed by atoms with E-state index < -0.39 is 5.82 Å². The maximum Gasteiger partial charge on any atom is 0.174 e. The van der Waals surface area contributed by atoms with Crippen molar-refractivity contribution >= 4 is 37.6 Å². The average Bonchev–Trinajstić information content (AvgIpc) is 2.08. The number of rotatable bonds is 2. The van der Waals surface area contributed by atoms with E-state index in [2.05, 4.69) is 31.9 Å². The molecule has 0 spiro atoms. The second-order valence-electron chi connectivity index (χ2n) is 2.16. The van der Waals surface area contributed by atoms with Crippen molar-refractivity contribution in [3.8, 4) is 0 Å². The van der Waals surface area contributed by atoms with Crippen molar-refractivity contribution in [1.82, 2.24) is 0 Å². The van der Waals surface area contributed by atoms with Crippen LogP contribution in [-0.4, -0.2) is 11.1 Å². The van der Waals surface area contributed by atoms with Gasteiger partial charge in [0.2, 0.25) is 0 Å². The van der Waals surface area contributed by atoms with Gasteiger partial charge in [0, 0.05) is 5.56 Å². The van der Waals surface area contributed by atoms with Gasteiger partial charge in [0.25, 0.3) is 0 Å². The van der Waals surface area contributed by atoms with Gasteiger partial charge in [-0.1, -0.05) is 28.1 Å². The Bertz CT molecular complexity index is 312. The smallest absolute Gasteiger partial charge is 0.174 e. The first-order valence-electron chi connectivity index (χ1n) is 3.20. The van der Waals surface area contributed by atoms with Crippen molar-refractivity contribution < 1.29 is 9.18 Å². The second-order valence-corrected chi connectivity index (χ2v) is 3.51. The molecular weight excluding hydrogens is 291 g/mol. The first kappa shape index (κ1) is 9.86. The fourth-order valence-corrected chi connectivity index (χ4v) is 1.58. The molecule has 64 valence electrons. The summed E-state index contributed by atoms with van der Waals surface area (Å²) in [4.78, 5) is 11.1. The number of Topliss-reactive ketones (excluding diaryl/α,β-unsaturated/α-hetero) is 1. The number of carbonyl (C=O) groups is 1. The van der Waals surface area contributed by atoms with E-state index in [1.807, 2.05) is 0 Å². The van der Waals surface area contributed by atoms with Crippen LogP contribution in [0.1, 0.15) is 10.4 Å². The molecular formula is C8H5Br2FO. The van der Waals surface area contributed by atoms with Gasteiger partial charge in [-0.3, -0.25) is 4.79 Å². The highest BCUT2D eigenvalue weighted by molar-refractivity contribution is 9.10. The Balaban J connectivity index is 3.16. The van der Waals surface area contributed by atoms with Crippen molar-refractivity contribution in [2.24, 2.45) is 0 Å². The van der Waals surface area contributed by atoms with Gasteiger partial charge in [-0.25, -0.2) is 4.39 Å². The third kappa shape index (κ3) is 1.93. The van der Waals surface area contributed by atoms with Crippen molar-refractivity contribution in [2.45, 2.75) is 0 Å². The van der Waals surface area contributed by atoms with E-state index in [1.165, 1.54) is 12.1 Å². The van der Waals surface area contributed by atoms with Crippen LogP contribution in [0.5, 0.6) is 0 Å². The standard InChI is InChI=1S/C8H5Br2FO/c9-4-7(12)5-2-1-3-6(11)8(5)10/h1-3H,4H2. The Morgan fingerprint density at radius 3 is 2.75 bits per heavy atom. The number of hydrogen-bond donors (Lipinski definition) is 0. The molecule has 1 aromatic rings. The molecule has 1 aromatic carbocycles. The Kier molecular flexibility index (Phi) is 3.40. The van der Waals surface area contributed by atoms with Crippen molar-refractivity contribution in [3.63, 3.8) is 0 Å². The highest BCUT2D eigenvalue weighted by Crippen LogP contribution is 2.21. The molecule has 0 N–H and O–H groups in total. The zero-order chi connectivity index (χ0) is 9.14. The summed E-state index contributed by atoms with van der Waals surface area (Å²) in [6, 6.07) is 4.39. The maximum absolute atomic E-state index is 12.9. The summed E-state index contributed by atoms with van der Waals surface area (Å²) in [5, 5.41) is 0.203. The molecule has 1 rings (SSSR count). The van der Waals surface area contributed by atoms with E-state index in [0.717, 1.165) is 0 Å². The van der Waals surface area contributed by atoms with Gasteiger partial charge in [0.05, 0.1) is 9.80 Å². The van der Waals surface area contributed by atoms with E-state index in [4.69, 9.17) is 0 Å². The minimum absolute atomic E-state index is 0.138. The zero-order valence-corrected chi connectivity index (χ0v) is 9.15. The minimum Gasteiger partial charge on any atom is -0.293 e. The lowest BCUT2D eigenvalue weighted by molar-refractivity contribution is 0.102. The summed E-state index contributed by atoms with van der Waals surface area (Å²) in [5.41, 5.74) is 0.367. The first-order valence-corrected chi connectivity index (χ1v) is 5.11. The molecule has 4 heteroatoms. The molecule has 0 fully saturated rings. The summed E-state index contributed by atoms with van der Waals surface area (Å²) in [6.07, 6.45) is 0. The van der Waals surface area contributed by atoms with E-state index in [-0.39, 0.29) is 15.6 Å². The number of halogens is 3. The fourth-order valence-electron chi connectivity index (χ4n) is 0.791. The summed E-state index contributed by atoms with van der Waals surface area (Å²) >= 11 is 6.02. The van der Waals surface area contributed by atoms with E-state index in [9.17, 15) is 9.18 Å². The Morgan fingerprint density at radius 2 is 2.17 bits per heavy atom. The quantitative estimate of drug-likeness (QED) is 0.605. The SMILES string of the molecule is O=C(CBr)c1cccc(F)c1Br. The lowest BCUT2D eigenvalue weighted by Crippen LogP contribution is -2.01. The summed E-state index contributed by atoms with van der Waals surface area (Å²) in [6.45, 7) is 0. The number of benzene rings is 1. The molecule has 0 saturated carbocycles. The van der Waals surface area contributed by atoms with Crippen LogP contribution in [0.3, 0.4) is 0 Å². The minimum atomic E-state index is -0.415. The van der Waals surface area contributed by atoms with Crippen LogP contribution in [-0.2, 0) is 0 Å². The normalized spacial score (nSPS) is 9.92. The molecule has 0 radical (unpaired) electrons. The van der Waals surface area contributed by atoms with Crippen LogP contribution in [0.15, 0.2) is 22.7 Å². The third-order valence-corrected chi connectivity index (χ3v) is 2.69. The molecule has 0 bridgehead atoms.